The predicted molar refractivity (Wildman–Crippen MR) is 79.3 cm³/mol. The van der Waals surface area contributed by atoms with Crippen LogP contribution in [0.4, 0.5) is 0 Å². The summed E-state index contributed by atoms with van der Waals surface area (Å²) in [6, 6.07) is 3.64. The van der Waals surface area contributed by atoms with Gasteiger partial charge in [-0.2, -0.15) is 0 Å². The van der Waals surface area contributed by atoms with Gasteiger partial charge in [0.25, 0.3) is 5.91 Å². The van der Waals surface area contributed by atoms with Crippen molar-refractivity contribution in [2.45, 2.75) is 38.8 Å². The van der Waals surface area contributed by atoms with Gasteiger partial charge < -0.3 is 20.9 Å². The molecule has 20 heavy (non-hydrogen) atoms. The standard InChI is InChI=1S/C14H21ClN2O3/c1-4-10(16)5-9-6-11(15)13(12(7-9)19-3)20-8(2)14(17)18/h6-8,10H,4-5,16H2,1-3H3,(H2,17,18). The maximum atomic E-state index is 11.1. The number of carbonyl (C=O) groups excluding carboxylic acids is 1. The first-order chi connectivity index (χ1) is 9.38. The Morgan fingerprint density at radius 3 is 2.60 bits per heavy atom. The van der Waals surface area contributed by atoms with Crippen LogP contribution in [0.25, 0.3) is 0 Å². The van der Waals surface area contributed by atoms with Crippen molar-refractivity contribution in [1.29, 1.82) is 0 Å². The number of amides is 1. The molecule has 2 unspecified atom stereocenters. The fraction of sp³-hybridized carbons (Fsp3) is 0.500. The molecule has 0 aliphatic rings. The van der Waals surface area contributed by atoms with Crippen LogP contribution in [-0.4, -0.2) is 25.2 Å². The highest BCUT2D eigenvalue weighted by Crippen LogP contribution is 2.37. The molecular weight excluding hydrogens is 280 g/mol. The normalized spacial score (nSPS) is 13.7. The van der Waals surface area contributed by atoms with E-state index in [0.717, 1.165) is 12.0 Å². The van der Waals surface area contributed by atoms with Crippen molar-refractivity contribution >= 4 is 17.5 Å². The van der Waals surface area contributed by atoms with Gasteiger partial charge in [0.05, 0.1) is 12.1 Å². The maximum Gasteiger partial charge on any atom is 0.258 e. The fourth-order valence-corrected chi connectivity index (χ4v) is 1.97. The van der Waals surface area contributed by atoms with Gasteiger partial charge >= 0.3 is 0 Å². The molecule has 1 amide bonds. The summed E-state index contributed by atoms with van der Waals surface area (Å²) in [5, 5.41) is 0.371. The molecule has 0 heterocycles. The Bertz CT molecular complexity index is 480. The Hall–Kier alpha value is -1.46. The van der Waals surface area contributed by atoms with Gasteiger partial charge in [0.2, 0.25) is 0 Å². The second-order valence-corrected chi connectivity index (χ2v) is 5.05. The lowest BCUT2D eigenvalue weighted by Crippen LogP contribution is -2.30. The van der Waals surface area contributed by atoms with Gasteiger partial charge in [-0.25, -0.2) is 0 Å². The summed E-state index contributed by atoms with van der Waals surface area (Å²) >= 11 is 6.19. The highest BCUT2D eigenvalue weighted by atomic mass is 35.5. The third-order valence-corrected chi connectivity index (χ3v) is 3.29. The first-order valence-corrected chi connectivity index (χ1v) is 6.84. The van der Waals surface area contributed by atoms with Crippen LogP contribution in [0, 0.1) is 0 Å². The van der Waals surface area contributed by atoms with Crippen molar-refractivity contribution < 1.29 is 14.3 Å². The minimum atomic E-state index is -0.787. The topological polar surface area (TPSA) is 87.6 Å². The lowest BCUT2D eigenvalue weighted by atomic mass is 10.0. The Labute approximate surface area is 124 Å². The molecule has 4 N–H and O–H groups in total. The molecule has 0 aliphatic carbocycles. The number of hydrogen-bond acceptors (Lipinski definition) is 4. The third-order valence-electron chi connectivity index (χ3n) is 3.01. The highest BCUT2D eigenvalue weighted by molar-refractivity contribution is 6.32. The largest absolute Gasteiger partial charge is 0.493 e. The van der Waals surface area contributed by atoms with Crippen LogP contribution in [0.3, 0.4) is 0 Å². The molecule has 1 aromatic rings. The molecule has 0 radical (unpaired) electrons. The van der Waals surface area contributed by atoms with E-state index in [9.17, 15) is 4.79 Å². The molecule has 0 aromatic heterocycles. The predicted octanol–water partition coefficient (Wildman–Crippen LogP) is 1.88. The molecule has 0 saturated carbocycles. The number of methoxy groups -OCH3 is 1. The monoisotopic (exact) mass is 300 g/mol. The van der Waals surface area contributed by atoms with Gasteiger partial charge in [0.1, 0.15) is 0 Å². The van der Waals surface area contributed by atoms with E-state index >= 15 is 0 Å². The zero-order chi connectivity index (χ0) is 15.3. The number of halogens is 1. The Morgan fingerprint density at radius 1 is 1.45 bits per heavy atom. The van der Waals surface area contributed by atoms with Crippen LogP contribution < -0.4 is 20.9 Å². The van der Waals surface area contributed by atoms with Crippen molar-refractivity contribution in [2.24, 2.45) is 11.5 Å². The summed E-state index contributed by atoms with van der Waals surface area (Å²) in [5.41, 5.74) is 12.1. The first-order valence-electron chi connectivity index (χ1n) is 6.47. The summed E-state index contributed by atoms with van der Waals surface area (Å²) in [4.78, 5) is 11.1. The Kier molecular flexibility index (Phi) is 6.10. The zero-order valence-electron chi connectivity index (χ0n) is 12.0. The van der Waals surface area contributed by atoms with Gasteiger partial charge in [-0.1, -0.05) is 18.5 Å². The lowest BCUT2D eigenvalue weighted by Gasteiger charge is -2.17. The zero-order valence-corrected chi connectivity index (χ0v) is 12.7. The van der Waals surface area contributed by atoms with E-state index in [2.05, 4.69) is 0 Å². The summed E-state index contributed by atoms with van der Waals surface area (Å²) in [7, 11) is 1.51. The Morgan fingerprint density at radius 2 is 2.10 bits per heavy atom. The number of benzene rings is 1. The van der Waals surface area contributed by atoms with E-state index < -0.39 is 12.0 Å². The number of hydrogen-bond donors (Lipinski definition) is 2. The minimum absolute atomic E-state index is 0.0621. The van der Waals surface area contributed by atoms with Crippen LogP contribution in [0.1, 0.15) is 25.8 Å². The fourth-order valence-electron chi connectivity index (χ4n) is 1.69. The molecule has 2 atom stereocenters. The molecule has 6 heteroatoms. The number of ether oxygens (including phenoxy) is 2. The third kappa shape index (κ3) is 4.28. The van der Waals surface area contributed by atoms with Gasteiger partial charge in [0.15, 0.2) is 17.6 Å². The van der Waals surface area contributed by atoms with Crippen LogP contribution in [-0.2, 0) is 11.2 Å². The second kappa shape index (κ2) is 7.36. The van der Waals surface area contributed by atoms with Crippen LogP contribution in [0.15, 0.2) is 12.1 Å². The first kappa shape index (κ1) is 16.6. The number of nitrogens with two attached hydrogens (primary N) is 2. The molecule has 5 nitrogen and oxygen atoms in total. The summed E-state index contributed by atoms with van der Waals surface area (Å²) < 4.78 is 10.7. The number of carbonyl (C=O) groups is 1. The highest BCUT2D eigenvalue weighted by Gasteiger charge is 2.18. The van der Waals surface area contributed by atoms with Crippen LogP contribution in [0.2, 0.25) is 5.02 Å². The summed E-state index contributed by atoms with van der Waals surface area (Å²) in [5.74, 6) is 0.207. The maximum absolute atomic E-state index is 11.1. The van der Waals surface area contributed by atoms with E-state index in [1.165, 1.54) is 7.11 Å². The van der Waals surface area contributed by atoms with Gasteiger partial charge in [0, 0.05) is 6.04 Å². The van der Waals surface area contributed by atoms with E-state index in [1.54, 1.807) is 13.0 Å². The van der Waals surface area contributed by atoms with Crippen LogP contribution >= 0.6 is 11.6 Å². The smallest absolute Gasteiger partial charge is 0.258 e. The molecular formula is C14H21ClN2O3. The quantitative estimate of drug-likeness (QED) is 0.805. The van der Waals surface area contributed by atoms with E-state index in [0.29, 0.717) is 22.9 Å². The molecule has 0 spiro atoms. The average molecular weight is 301 g/mol. The van der Waals surface area contributed by atoms with Crippen molar-refractivity contribution in [3.8, 4) is 11.5 Å². The second-order valence-electron chi connectivity index (χ2n) is 4.64. The van der Waals surface area contributed by atoms with E-state index in [1.807, 2.05) is 13.0 Å². The van der Waals surface area contributed by atoms with Gasteiger partial charge in [-0.05, 0) is 37.5 Å². The van der Waals surface area contributed by atoms with Crippen molar-refractivity contribution in [2.75, 3.05) is 7.11 Å². The van der Waals surface area contributed by atoms with E-state index in [4.69, 9.17) is 32.5 Å². The molecule has 112 valence electrons. The van der Waals surface area contributed by atoms with Crippen molar-refractivity contribution in [3.63, 3.8) is 0 Å². The molecule has 1 rings (SSSR count). The van der Waals surface area contributed by atoms with Crippen molar-refractivity contribution in [3.05, 3.63) is 22.7 Å². The van der Waals surface area contributed by atoms with Gasteiger partial charge in [-0.15, -0.1) is 0 Å². The number of primary amides is 1. The minimum Gasteiger partial charge on any atom is -0.493 e. The lowest BCUT2D eigenvalue weighted by molar-refractivity contribution is -0.124. The summed E-state index contributed by atoms with van der Waals surface area (Å²) in [6.45, 7) is 3.58. The molecule has 0 aliphatic heterocycles. The molecule has 1 aromatic carbocycles. The summed E-state index contributed by atoms with van der Waals surface area (Å²) in [6.07, 6.45) is 0.778. The molecule has 0 saturated heterocycles. The van der Waals surface area contributed by atoms with Crippen LogP contribution in [0.5, 0.6) is 11.5 Å². The average Bonchev–Trinajstić information content (AvgIpc) is 2.40. The van der Waals surface area contributed by atoms with Crippen molar-refractivity contribution in [1.82, 2.24) is 0 Å². The Balaban J connectivity index is 3.04. The molecule has 0 fully saturated rings. The number of rotatable bonds is 7. The van der Waals surface area contributed by atoms with E-state index in [-0.39, 0.29) is 6.04 Å². The SMILES string of the molecule is CCC(N)Cc1cc(Cl)c(OC(C)C(N)=O)c(OC)c1. The van der Waals surface area contributed by atoms with Gasteiger partial charge in [-0.3, -0.25) is 4.79 Å². The molecule has 0 bridgehead atoms.